The van der Waals surface area contributed by atoms with Gasteiger partial charge in [-0.1, -0.05) is 169 Å². The fraction of sp³-hybridized carbons (Fsp3) is 0.368. The number of fused-ring (bicyclic) bond motifs is 2. The van der Waals surface area contributed by atoms with Gasteiger partial charge in [-0.25, -0.2) is 42.2 Å². The quantitative estimate of drug-likeness (QED) is 0.161. The largest absolute Gasteiger partial charge is 0.467 e. The van der Waals surface area contributed by atoms with Gasteiger partial charge in [0.05, 0.1) is 11.0 Å². The summed E-state index contributed by atoms with van der Waals surface area (Å²) in [5.41, 5.74) is 13.7. The van der Waals surface area contributed by atoms with Crippen molar-refractivity contribution in [2.24, 2.45) is 0 Å². The first-order valence-electron chi connectivity index (χ1n) is 30.0. The molecule has 8 heteroatoms. The van der Waals surface area contributed by atoms with Crippen LogP contribution in [0.2, 0.25) is 0 Å². The zero-order valence-corrected chi connectivity index (χ0v) is 64.1. The summed E-state index contributed by atoms with van der Waals surface area (Å²) in [5, 5.41) is 2.21. The van der Waals surface area contributed by atoms with Crippen LogP contribution in [0.1, 0.15) is 177 Å². The second kappa shape index (κ2) is 58.6. The van der Waals surface area contributed by atoms with Crippen molar-refractivity contribution in [3.63, 3.8) is 0 Å². The van der Waals surface area contributed by atoms with Gasteiger partial charge in [-0.15, -0.1) is 51.8 Å². The number of hydrogen-bond acceptors (Lipinski definition) is 6. The van der Waals surface area contributed by atoms with Crippen molar-refractivity contribution in [3.8, 4) is 22.3 Å². The van der Waals surface area contributed by atoms with Crippen LogP contribution >= 0.6 is 11.3 Å². The van der Waals surface area contributed by atoms with Gasteiger partial charge in [0.2, 0.25) is 0 Å². The molecule has 0 saturated heterocycles. The maximum atomic E-state index is 5.08. The fourth-order valence-electron chi connectivity index (χ4n) is 6.53. The van der Waals surface area contributed by atoms with E-state index in [0.29, 0.717) is 0 Å². The minimum atomic E-state index is 0. The molecule has 0 spiro atoms. The molecule has 10 aromatic rings. The number of aromatic nitrogens is 4. The van der Waals surface area contributed by atoms with Crippen molar-refractivity contribution >= 4 is 33.1 Å². The number of thiophene rings is 1. The van der Waals surface area contributed by atoms with Crippen LogP contribution in [0.4, 0.5) is 0 Å². The molecule has 4 heterocycles. The fourth-order valence-corrected chi connectivity index (χ4v) is 7.31. The molecule has 6 aromatic carbocycles. The summed E-state index contributed by atoms with van der Waals surface area (Å²) in [6.07, 6.45) is 3.72. The zero-order valence-electron chi connectivity index (χ0n) is 57.6. The molecule has 0 atom stereocenters. The molecule has 0 bridgehead atoms. The topological polar surface area (TPSA) is 64.7 Å². The first-order valence-corrected chi connectivity index (χ1v) is 30.8. The summed E-state index contributed by atoms with van der Waals surface area (Å²) >= 11 is 1.84. The third-order valence-electron chi connectivity index (χ3n) is 9.91. The van der Waals surface area contributed by atoms with Gasteiger partial charge in [0, 0.05) is 98.3 Å². The van der Waals surface area contributed by atoms with Gasteiger partial charge >= 0.3 is 0 Å². The predicted octanol–water partition coefficient (Wildman–Crippen LogP) is 24.1. The number of benzene rings is 6. The van der Waals surface area contributed by atoms with E-state index in [9.17, 15) is 0 Å². The Hall–Kier alpha value is -4.81. The Bertz CT molecular complexity index is 2930. The van der Waals surface area contributed by atoms with Crippen molar-refractivity contribution in [2.75, 3.05) is 0 Å². The van der Waals surface area contributed by atoms with Crippen LogP contribution in [0.5, 0.6) is 0 Å². The molecule has 4 aromatic heterocycles. The number of para-hydroxylation sites is 1. The van der Waals surface area contributed by atoms with Crippen LogP contribution in [0.15, 0.2) is 150 Å². The Kier molecular flexibility index (Phi) is 63.0. The summed E-state index contributed by atoms with van der Waals surface area (Å²) in [6, 6.07) is 58.4. The molecular formula is C76H108N4OSY2-4. The van der Waals surface area contributed by atoms with Crippen molar-refractivity contribution < 1.29 is 69.8 Å². The van der Waals surface area contributed by atoms with Crippen molar-refractivity contribution in [2.45, 2.75) is 194 Å². The van der Waals surface area contributed by atoms with E-state index in [0.717, 1.165) is 83.9 Å². The summed E-state index contributed by atoms with van der Waals surface area (Å²) < 4.78 is 5.08. The van der Waals surface area contributed by atoms with Crippen LogP contribution in [0.3, 0.4) is 0 Å². The minimum absolute atomic E-state index is 0. The Morgan fingerprint density at radius 2 is 0.762 bits per heavy atom. The van der Waals surface area contributed by atoms with Gasteiger partial charge in [-0.2, -0.15) is 78.9 Å². The molecule has 0 saturated carbocycles. The first-order chi connectivity index (χ1) is 39.6. The van der Waals surface area contributed by atoms with E-state index in [2.05, 4.69) is 197 Å². The predicted molar refractivity (Wildman–Crippen MR) is 369 cm³/mol. The van der Waals surface area contributed by atoms with Gasteiger partial charge in [0.1, 0.15) is 23.2 Å². The normalized spacial score (nSPS) is 8.52. The van der Waals surface area contributed by atoms with Gasteiger partial charge in [0.15, 0.2) is 0 Å². The van der Waals surface area contributed by atoms with Crippen molar-refractivity contribution in [1.82, 2.24) is 19.9 Å². The molecule has 0 aliphatic carbocycles. The summed E-state index contributed by atoms with van der Waals surface area (Å²) in [4.78, 5) is 19.8. The Morgan fingerprint density at radius 1 is 0.369 bits per heavy atom. The molecule has 0 fully saturated rings. The van der Waals surface area contributed by atoms with E-state index in [1.165, 1.54) is 26.4 Å². The second-order valence-electron chi connectivity index (χ2n) is 16.2. The first kappa shape index (κ1) is 90.4. The molecule has 10 rings (SSSR count). The smallest absolute Gasteiger partial charge is 0.125 e. The molecule has 0 unspecified atom stereocenters. The van der Waals surface area contributed by atoms with E-state index in [-0.39, 0.29) is 65.4 Å². The van der Waals surface area contributed by atoms with E-state index < -0.39 is 0 Å². The standard InChI is InChI=1S/2C14H12.2C10H10N2.C6H8O.C6H8S.8C2H6.2Y/c1-11-5-3-7-13(9-11)14-8-4-6-12(2)10-14;1-11-6-8-13(9-7-11)14-5-3-4-12(2)10-14;1-7-3-4-9-6-11-8(2)12-10(9)5-7;1-7-4-3-5-9-6-11-8(2)12-10(7)9;2*1-5-3-4-6(2)7-5;8*1-2;;/h2*3-8H,1-2H3;2*3-6H,1-2H3;2*3-4H,1-2H3;8*1-2H3;;/q2*-2;;;;;;;;;;;;;;. The van der Waals surface area contributed by atoms with E-state index >= 15 is 0 Å². The van der Waals surface area contributed by atoms with Gasteiger partial charge in [0.25, 0.3) is 0 Å². The maximum absolute atomic E-state index is 5.08. The van der Waals surface area contributed by atoms with Crippen molar-refractivity contribution in [3.05, 3.63) is 236 Å². The number of nitrogens with zero attached hydrogens (tertiary/aromatic N) is 4. The average molecular weight is 1300 g/mol. The Labute approximate surface area is 570 Å². The molecule has 0 amide bonds. The van der Waals surface area contributed by atoms with Crippen LogP contribution < -0.4 is 0 Å². The van der Waals surface area contributed by atoms with Crippen LogP contribution in [-0.4, -0.2) is 19.9 Å². The van der Waals surface area contributed by atoms with E-state index in [1.807, 2.05) is 199 Å². The summed E-state index contributed by atoms with van der Waals surface area (Å²) in [5.74, 6) is 3.62. The third-order valence-corrected chi connectivity index (χ3v) is 10.8. The van der Waals surface area contributed by atoms with Gasteiger partial charge in [-0.05, 0) is 96.8 Å². The number of hydrogen-bond donors (Lipinski definition) is 0. The molecule has 0 aliphatic rings. The van der Waals surface area contributed by atoms with E-state index in [4.69, 9.17) is 4.42 Å². The van der Waals surface area contributed by atoms with Crippen LogP contribution in [-0.2, 0) is 65.4 Å². The second-order valence-corrected chi connectivity index (χ2v) is 17.7. The van der Waals surface area contributed by atoms with E-state index in [1.54, 1.807) is 0 Å². The molecule has 2 radical (unpaired) electrons. The number of furan rings is 1. The SMILES string of the molecule is CC.CC.CC.CC.CC.CC.CC.CC.Cc1[c-]c(-c2[c-]c(C)ccc2)ccc1.Cc1[c-]c(-c2[c-]cc(C)cc2)ccc1.Cc1ccc(C)o1.Cc1ccc(C)s1.Cc1ccc2cnc(C)nc2c1.Cc1ncc2cccc(C)c2n1.[Y].[Y]. The van der Waals surface area contributed by atoms with Gasteiger partial charge < -0.3 is 4.42 Å². The molecule has 5 nitrogen and oxygen atoms in total. The molecule has 454 valence electrons. The zero-order chi connectivity index (χ0) is 63.6. The molecule has 0 aliphatic heterocycles. The molecule has 84 heavy (non-hydrogen) atoms. The Balaban J connectivity index is -0.000000208. The molecule has 0 N–H and O–H groups in total. The Morgan fingerprint density at radius 3 is 1.13 bits per heavy atom. The van der Waals surface area contributed by atoms with Crippen LogP contribution in [0, 0.1) is 107 Å². The van der Waals surface area contributed by atoms with Crippen molar-refractivity contribution in [1.29, 1.82) is 0 Å². The minimum Gasteiger partial charge on any atom is -0.467 e. The monoisotopic (exact) mass is 1300 g/mol. The number of rotatable bonds is 2. The third kappa shape index (κ3) is 39.7. The summed E-state index contributed by atoms with van der Waals surface area (Å²) in [6.45, 7) is 56.3. The van der Waals surface area contributed by atoms with Gasteiger partial charge in [-0.3, -0.25) is 0 Å². The number of aryl methyl sites for hydroxylation is 12. The van der Waals surface area contributed by atoms with Crippen LogP contribution in [0.25, 0.3) is 44.1 Å². The maximum Gasteiger partial charge on any atom is 0.125 e. The average Bonchev–Trinajstić information content (AvgIpc) is 4.27. The summed E-state index contributed by atoms with van der Waals surface area (Å²) in [7, 11) is 0. The molecular weight excluding hydrogens is 1190 g/mol.